The van der Waals surface area contributed by atoms with Gasteiger partial charge in [0, 0.05) is 32.6 Å². The molecular weight excluding hydrogens is 312 g/mol. The Morgan fingerprint density at radius 3 is 2.87 bits per heavy atom. The van der Waals surface area contributed by atoms with E-state index >= 15 is 0 Å². The van der Waals surface area contributed by atoms with Gasteiger partial charge >= 0.3 is 0 Å². The molecule has 1 fully saturated rings. The molecule has 2 aromatic rings. The SMILES string of the molecule is Cc1nc(-c2ncccn2)sc1C(=O)N(C)C[C@H]1CCCCO1. The molecule has 0 aliphatic carbocycles. The Morgan fingerprint density at radius 1 is 1.39 bits per heavy atom. The normalized spacial score (nSPS) is 17.9. The molecule has 7 heteroatoms. The molecule has 0 aromatic carbocycles. The molecule has 0 unspecified atom stereocenters. The number of ether oxygens (including phenoxy) is 1. The van der Waals surface area contributed by atoms with Crippen LogP contribution in [0.15, 0.2) is 18.5 Å². The highest BCUT2D eigenvalue weighted by Crippen LogP contribution is 2.26. The maximum Gasteiger partial charge on any atom is 0.265 e. The predicted molar refractivity (Wildman–Crippen MR) is 88.4 cm³/mol. The average molecular weight is 332 g/mol. The molecule has 0 spiro atoms. The third kappa shape index (κ3) is 3.73. The van der Waals surface area contributed by atoms with Crippen LogP contribution in [0, 0.1) is 6.92 Å². The minimum Gasteiger partial charge on any atom is -0.376 e. The second kappa shape index (κ2) is 7.14. The van der Waals surface area contributed by atoms with E-state index in [-0.39, 0.29) is 12.0 Å². The summed E-state index contributed by atoms with van der Waals surface area (Å²) in [5, 5.41) is 0.675. The van der Waals surface area contributed by atoms with E-state index in [9.17, 15) is 4.79 Å². The number of rotatable bonds is 4. The summed E-state index contributed by atoms with van der Waals surface area (Å²) < 4.78 is 5.71. The second-order valence-corrected chi connectivity index (χ2v) is 6.68. The first-order valence-corrected chi connectivity index (χ1v) is 8.58. The first kappa shape index (κ1) is 16.0. The topological polar surface area (TPSA) is 68.2 Å². The Balaban J connectivity index is 1.73. The van der Waals surface area contributed by atoms with E-state index in [0.717, 1.165) is 25.1 Å². The zero-order valence-electron chi connectivity index (χ0n) is 13.4. The molecule has 1 aliphatic heterocycles. The summed E-state index contributed by atoms with van der Waals surface area (Å²) in [5.74, 6) is 0.536. The Hall–Kier alpha value is -1.86. The Labute approximate surface area is 139 Å². The summed E-state index contributed by atoms with van der Waals surface area (Å²) in [7, 11) is 1.82. The average Bonchev–Trinajstić information content (AvgIpc) is 2.97. The van der Waals surface area contributed by atoms with Crippen molar-refractivity contribution in [2.75, 3.05) is 20.2 Å². The molecule has 1 amide bonds. The fourth-order valence-electron chi connectivity index (χ4n) is 2.61. The van der Waals surface area contributed by atoms with Crippen molar-refractivity contribution in [2.24, 2.45) is 0 Å². The van der Waals surface area contributed by atoms with E-state index in [2.05, 4.69) is 15.0 Å². The first-order valence-electron chi connectivity index (χ1n) is 7.77. The molecule has 23 heavy (non-hydrogen) atoms. The second-order valence-electron chi connectivity index (χ2n) is 5.68. The number of amides is 1. The molecule has 0 N–H and O–H groups in total. The van der Waals surface area contributed by atoms with Gasteiger partial charge in [0.2, 0.25) is 0 Å². The Morgan fingerprint density at radius 2 is 2.17 bits per heavy atom. The van der Waals surface area contributed by atoms with Gasteiger partial charge in [-0.25, -0.2) is 15.0 Å². The van der Waals surface area contributed by atoms with E-state index in [1.54, 1.807) is 23.4 Å². The van der Waals surface area contributed by atoms with Gasteiger partial charge < -0.3 is 9.64 Å². The van der Waals surface area contributed by atoms with Gasteiger partial charge in [0.25, 0.3) is 5.91 Å². The molecule has 0 saturated carbocycles. The first-order chi connectivity index (χ1) is 11.1. The predicted octanol–water partition coefficient (Wildman–Crippen LogP) is 2.55. The number of likely N-dealkylation sites (N-methyl/N-ethyl adjacent to an activating group) is 1. The summed E-state index contributed by atoms with van der Waals surface area (Å²) in [6, 6.07) is 1.76. The van der Waals surface area contributed by atoms with Crippen LogP contribution in [0.2, 0.25) is 0 Å². The van der Waals surface area contributed by atoms with Crippen LogP contribution in [-0.4, -0.2) is 52.1 Å². The van der Waals surface area contributed by atoms with Gasteiger partial charge in [-0.1, -0.05) is 0 Å². The summed E-state index contributed by atoms with van der Waals surface area (Å²) >= 11 is 1.34. The van der Waals surface area contributed by atoms with Crippen LogP contribution in [0.3, 0.4) is 0 Å². The van der Waals surface area contributed by atoms with Gasteiger partial charge in [0.15, 0.2) is 10.8 Å². The summed E-state index contributed by atoms with van der Waals surface area (Å²) in [6.45, 7) is 3.26. The maximum atomic E-state index is 12.7. The van der Waals surface area contributed by atoms with Crippen molar-refractivity contribution < 1.29 is 9.53 Å². The highest BCUT2D eigenvalue weighted by molar-refractivity contribution is 7.17. The molecule has 2 aromatic heterocycles. The molecule has 0 bridgehead atoms. The van der Waals surface area contributed by atoms with Crippen molar-refractivity contribution in [1.82, 2.24) is 19.9 Å². The number of carbonyl (C=O) groups is 1. The van der Waals surface area contributed by atoms with Crippen molar-refractivity contribution in [3.8, 4) is 10.8 Å². The van der Waals surface area contributed by atoms with E-state index in [4.69, 9.17) is 4.74 Å². The fraction of sp³-hybridized carbons (Fsp3) is 0.500. The van der Waals surface area contributed by atoms with Crippen molar-refractivity contribution in [2.45, 2.75) is 32.3 Å². The van der Waals surface area contributed by atoms with Gasteiger partial charge in [-0.15, -0.1) is 11.3 Å². The molecule has 1 aliphatic rings. The Kier molecular flexibility index (Phi) is 4.97. The third-order valence-corrected chi connectivity index (χ3v) is 4.99. The van der Waals surface area contributed by atoms with E-state index < -0.39 is 0 Å². The van der Waals surface area contributed by atoms with Gasteiger partial charge in [0.05, 0.1) is 11.8 Å². The monoisotopic (exact) mass is 332 g/mol. The zero-order valence-corrected chi connectivity index (χ0v) is 14.2. The molecule has 3 rings (SSSR count). The number of aryl methyl sites for hydroxylation is 1. The minimum absolute atomic E-state index is 0.0173. The lowest BCUT2D eigenvalue weighted by Gasteiger charge is -2.27. The van der Waals surface area contributed by atoms with Crippen molar-refractivity contribution in [1.29, 1.82) is 0 Å². The summed E-state index contributed by atoms with van der Waals surface area (Å²) in [4.78, 5) is 27.9. The molecule has 1 atom stereocenters. The highest BCUT2D eigenvalue weighted by Gasteiger charge is 2.23. The minimum atomic E-state index is -0.0173. The van der Waals surface area contributed by atoms with Crippen LogP contribution in [0.5, 0.6) is 0 Å². The van der Waals surface area contributed by atoms with Crippen LogP contribution in [0.1, 0.15) is 34.6 Å². The summed E-state index contributed by atoms with van der Waals surface area (Å²) in [5.41, 5.74) is 0.721. The number of hydrogen-bond acceptors (Lipinski definition) is 6. The lowest BCUT2D eigenvalue weighted by Crippen LogP contribution is -2.37. The lowest BCUT2D eigenvalue weighted by molar-refractivity contribution is -0.000119. The van der Waals surface area contributed by atoms with E-state index in [1.165, 1.54) is 17.8 Å². The van der Waals surface area contributed by atoms with Crippen LogP contribution in [0.4, 0.5) is 0 Å². The lowest BCUT2D eigenvalue weighted by atomic mass is 10.1. The molecule has 6 nitrogen and oxygen atoms in total. The highest BCUT2D eigenvalue weighted by atomic mass is 32.1. The van der Waals surface area contributed by atoms with Crippen LogP contribution < -0.4 is 0 Å². The quantitative estimate of drug-likeness (QED) is 0.861. The Bertz CT molecular complexity index is 668. The van der Waals surface area contributed by atoms with Gasteiger partial charge in [0.1, 0.15) is 4.88 Å². The molecule has 122 valence electrons. The third-order valence-electron chi connectivity index (χ3n) is 3.85. The molecule has 3 heterocycles. The van der Waals surface area contributed by atoms with Crippen molar-refractivity contribution in [3.63, 3.8) is 0 Å². The fourth-order valence-corrected chi connectivity index (χ4v) is 3.62. The smallest absolute Gasteiger partial charge is 0.265 e. The number of hydrogen-bond donors (Lipinski definition) is 0. The number of thiazole rings is 1. The van der Waals surface area contributed by atoms with Crippen molar-refractivity contribution >= 4 is 17.2 Å². The standard InChI is InChI=1S/C16H20N4O2S/c1-11-13(23-15(19-11)14-17-7-5-8-18-14)16(21)20(2)10-12-6-3-4-9-22-12/h5,7-8,12H,3-4,6,9-10H2,1-2H3/t12-/m1/s1. The van der Waals surface area contributed by atoms with Crippen molar-refractivity contribution in [3.05, 3.63) is 29.0 Å². The van der Waals surface area contributed by atoms with Crippen LogP contribution in [0.25, 0.3) is 10.8 Å². The molecule has 0 radical (unpaired) electrons. The van der Waals surface area contributed by atoms with Crippen LogP contribution >= 0.6 is 11.3 Å². The van der Waals surface area contributed by atoms with Crippen LogP contribution in [-0.2, 0) is 4.74 Å². The summed E-state index contributed by atoms with van der Waals surface area (Å²) in [6.07, 6.45) is 6.79. The van der Waals surface area contributed by atoms with Gasteiger partial charge in [-0.05, 0) is 32.3 Å². The molecule has 1 saturated heterocycles. The van der Waals surface area contributed by atoms with Gasteiger partial charge in [-0.3, -0.25) is 4.79 Å². The number of nitrogens with zero attached hydrogens (tertiary/aromatic N) is 4. The van der Waals surface area contributed by atoms with Gasteiger partial charge in [-0.2, -0.15) is 0 Å². The zero-order chi connectivity index (χ0) is 16.2. The van der Waals surface area contributed by atoms with E-state index in [0.29, 0.717) is 22.3 Å². The largest absolute Gasteiger partial charge is 0.376 e. The number of aromatic nitrogens is 3. The number of carbonyl (C=O) groups excluding carboxylic acids is 1. The van der Waals surface area contributed by atoms with E-state index in [1.807, 2.05) is 14.0 Å². The maximum absolute atomic E-state index is 12.7. The molecular formula is C16H20N4O2S.